The lowest BCUT2D eigenvalue weighted by molar-refractivity contribution is 0.338. The van der Waals surface area contributed by atoms with Crippen LogP contribution in [-0.4, -0.2) is 41.3 Å². The van der Waals surface area contributed by atoms with E-state index >= 15 is 0 Å². The van der Waals surface area contributed by atoms with E-state index in [0.29, 0.717) is 16.9 Å². The Morgan fingerprint density at radius 3 is 3.00 bits per heavy atom. The topological polar surface area (TPSA) is 74.4 Å². The molecule has 2 N–H and O–H groups in total. The summed E-state index contributed by atoms with van der Waals surface area (Å²) in [5.41, 5.74) is 0.640. The third kappa shape index (κ3) is 1.47. The van der Waals surface area contributed by atoms with Gasteiger partial charge < -0.3 is 19.7 Å². The van der Waals surface area contributed by atoms with Crippen molar-refractivity contribution in [2.45, 2.75) is 0 Å². The van der Waals surface area contributed by atoms with Gasteiger partial charge in [-0.3, -0.25) is 0 Å². The first kappa shape index (κ1) is 9.41. The molecule has 0 aliphatic carbocycles. The minimum absolute atomic E-state index is 0.123. The highest BCUT2D eigenvalue weighted by molar-refractivity contribution is 5.82. The molecule has 1 saturated heterocycles. The Labute approximate surface area is 91.9 Å². The van der Waals surface area contributed by atoms with Gasteiger partial charge in [-0.1, -0.05) is 0 Å². The van der Waals surface area contributed by atoms with Crippen molar-refractivity contribution in [2.24, 2.45) is 0 Å². The normalized spacial score (nSPS) is 16.9. The molecule has 0 unspecified atom stereocenters. The van der Waals surface area contributed by atoms with E-state index in [1.165, 1.54) is 6.26 Å². The summed E-state index contributed by atoms with van der Waals surface area (Å²) in [7, 11) is 0. The molecule has 0 bridgehead atoms. The molecule has 3 rings (SSSR count). The summed E-state index contributed by atoms with van der Waals surface area (Å²) >= 11 is 0. The van der Waals surface area contributed by atoms with Crippen molar-refractivity contribution >= 4 is 16.9 Å². The summed E-state index contributed by atoms with van der Waals surface area (Å²) in [5, 5.41) is 13.2. The van der Waals surface area contributed by atoms with E-state index in [4.69, 9.17) is 4.42 Å². The third-order valence-corrected chi connectivity index (χ3v) is 2.72. The van der Waals surface area contributed by atoms with Crippen LogP contribution < -0.4 is 10.2 Å². The van der Waals surface area contributed by atoms with E-state index in [-0.39, 0.29) is 5.95 Å². The van der Waals surface area contributed by atoms with Crippen molar-refractivity contribution in [1.29, 1.82) is 0 Å². The zero-order chi connectivity index (χ0) is 11.0. The highest BCUT2D eigenvalue weighted by atomic mass is 16.5. The Morgan fingerprint density at radius 1 is 1.38 bits per heavy atom. The monoisotopic (exact) mass is 220 g/mol. The Morgan fingerprint density at radius 2 is 2.19 bits per heavy atom. The molecule has 6 nitrogen and oxygen atoms in total. The molecule has 0 aromatic carbocycles. The molecule has 1 aliphatic rings. The smallest absolute Gasteiger partial charge is 0.293 e. The van der Waals surface area contributed by atoms with Crippen LogP contribution in [0.25, 0.3) is 10.9 Å². The van der Waals surface area contributed by atoms with Gasteiger partial charge >= 0.3 is 0 Å². The molecule has 16 heavy (non-hydrogen) atoms. The van der Waals surface area contributed by atoms with Gasteiger partial charge in [0.05, 0.1) is 0 Å². The third-order valence-electron chi connectivity index (χ3n) is 2.72. The van der Waals surface area contributed by atoms with Crippen LogP contribution >= 0.6 is 0 Å². The van der Waals surface area contributed by atoms with E-state index in [0.717, 1.165) is 26.2 Å². The van der Waals surface area contributed by atoms with E-state index in [1.807, 2.05) is 0 Å². The molecule has 0 saturated carbocycles. The number of anilines is 1. The highest BCUT2D eigenvalue weighted by Gasteiger charge is 2.15. The zero-order valence-corrected chi connectivity index (χ0v) is 8.68. The number of furan rings is 1. The van der Waals surface area contributed by atoms with Crippen LogP contribution in [0.4, 0.5) is 5.95 Å². The van der Waals surface area contributed by atoms with Gasteiger partial charge in [-0.05, 0) is 0 Å². The van der Waals surface area contributed by atoms with Gasteiger partial charge in [-0.15, -0.1) is 0 Å². The van der Waals surface area contributed by atoms with Crippen LogP contribution in [0, 0.1) is 0 Å². The quantitative estimate of drug-likeness (QED) is 0.721. The van der Waals surface area contributed by atoms with Crippen LogP contribution in [0.3, 0.4) is 0 Å². The van der Waals surface area contributed by atoms with Crippen LogP contribution in [0.1, 0.15) is 0 Å². The first-order valence-electron chi connectivity index (χ1n) is 5.23. The Bertz CT molecular complexity index is 504. The first-order valence-corrected chi connectivity index (χ1v) is 5.23. The molecule has 1 fully saturated rings. The number of rotatable bonds is 1. The maximum absolute atomic E-state index is 9.34. The predicted molar refractivity (Wildman–Crippen MR) is 58.6 cm³/mol. The average molecular weight is 220 g/mol. The Balaban J connectivity index is 1.97. The average Bonchev–Trinajstić information content (AvgIpc) is 2.72. The number of nitrogens with zero attached hydrogens (tertiary/aromatic N) is 3. The van der Waals surface area contributed by atoms with Gasteiger partial charge in [0.15, 0.2) is 0 Å². The first-order chi connectivity index (χ1) is 7.84. The molecular formula is C10H12N4O2. The minimum Gasteiger partial charge on any atom is -0.480 e. The number of fused-ring (bicyclic) bond motifs is 1. The lowest BCUT2D eigenvalue weighted by atomic mass is 10.3. The second kappa shape index (κ2) is 3.64. The summed E-state index contributed by atoms with van der Waals surface area (Å²) < 4.78 is 4.88. The minimum atomic E-state index is -0.123. The highest BCUT2D eigenvalue weighted by Crippen LogP contribution is 2.25. The summed E-state index contributed by atoms with van der Waals surface area (Å²) in [4.78, 5) is 10.7. The van der Waals surface area contributed by atoms with Gasteiger partial charge in [0.25, 0.3) is 5.95 Å². The van der Waals surface area contributed by atoms with Crippen molar-refractivity contribution in [3.05, 3.63) is 12.5 Å². The maximum Gasteiger partial charge on any atom is 0.293 e. The number of piperazine rings is 1. The summed E-state index contributed by atoms with van der Waals surface area (Å²) in [5.74, 6) is 0.566. The van der Waals surface area contributed by atoms with E-state index in [1.54, 1.807) is 6.20 Å². The second-order valence-corrected chi connectivity index (χ2v) is 3.75. The lowest BCUT2D eigenvalue weighted by Crippen LogP contribution is -2.44. The second-order valence-electron chi connectivity index (χ2n) is 3.75. The largest absolute Gasteiger partial charge is 0.480 e. The fraction of sp³-hybridized carbons (Fsp3) is 0.400. The van der Waals surface area contributed by atoms with Crippen molar-refractivity contribution in [2.75, 3.05) is 31.1 Å². The molecule has 0 atom stereocenters. The van der Waals surface area contributed by atoms with Gasteiger partial charge in [0.2, 0.25) is 5.95 Å². The van der Waals surface area contributed by atoms with Crippen molar-refractivity contribution < 1.29 is 9.52 Å². The standard InChI is InChI=1S/C10H12N4O2/c15-9-7-5-12-10(13-8(7)6-16-9)14-3-1-11-2-4-14/h5-6,11,15H,1-4H2. The van der Waals surface area contributed by atoms with Crippen molar-refractivity contribution in [3.63, 3.8) is 0 Å². The maximum atomic E-state index is 9.34. The van der Waals surface area contributed by atoms with Gasteiger partial charge in [0, 0.05) is 32.4 Å². The van der Waals surface area contributed by atoms with Crippen LogP contribution in [0.2, 0.25) is 0 Å². The SMILES string of the molecule is Oc1occ2nc(N3CCNCC3)ncc12. The molecule has 84 valence electrons. The molecule has 0 radical (unpaired) electrons. The molecule has 2 aromatic heterocycles. The zero-order valence-electron chi connectivity index (χ0n) is 8.68. The number of hydrogen-bond acceptors (Lipinski definition) is 6. The van der Waals surface area contributed by atoms with E-state index in [2.05, 4.69) is 20.2 Å². The lowest BCUT2D eigenvalue weighted by Gasteiger charge is -2.27. The van der Waals surface area contributed by atoms with Crippen molar-refractivity contribution in [1.82, 2.24) is 15.3 Å². The van der Waals surface area contributed by atoms with E-state index in [9.17, 15) is 5.11 Å². The number of nitrogens with one attached hydrogen (secondary N) is 1. The summed E-state index contributed by atoms with van der Waals surface area (Å²) in [6.07, 6.45) is 3.04. The van der Waals surface area contributed by atoms with Crippen molar-refractivity contribution in [3.8, 4) is 5.95 Å². The van der Waals surface area contributed by atoms with Gasteiger partial charge in [0.1, 0.15) is 17.2 Å². The Hall–Kier alpha value is -1.82. The molecule has 0 amide bonds. The van der Waals surface area contributed by atoms with E-state index < -0.39 is 0 Å². The molecule has 6 heteroatoms. The van der Waals surface area contributed by atoms with Crippen LogP contribution in [0.15, 0.2) is 16.9 Å². The van der Waals surface area contributed by atoms with Gasteiger partial charge in [-0.2, -0.15) is 0 Å². The molecule has 2 aromatic rings. The molecule has 3 heterocycles. The number of aromatic hydroxyl groups is 1. The summed E-state index contributed by atoms with van der Waals surface area (Å²) in [6, 6.07) is 0. The molecule has 0 spiro atoms. The molecular weight excluding hydrogens is 208 g/mol. The Kier molecular flexibility index (Phi) is 2.14. The number of hydrogen-bond donors (Lipinski definition) is 2. The fourth-order valence-electron chi connectivity index (χ4n) is 1.83. The molecule has 1 aliphatic heterocycles. The van der Waals surface area contributed by atoms with Crippen LogP contribution in [0.5, 0.6) is 5.95 Å². The predicted octanol–water partition coefficient (Wildman–Crippen LogP) is 0.338. The van der Waals surface area contributed by atoms with Crippen LogP contribution in [-0.2, 0) is 0 Å². The summed E-state index contributed by atoms with van der Waals surface area (Å²) in [6.45, 7) is 3.68. The fourth-order valence-corrected chi connectivity index (χ4v) is 1.83. The number of aromatic nitrogens is 2. The van der Waals surface area contributed by atoms with Gasteiger partial charge in [-0.25, -0.2) is 9.97 Å².